The average molecular weight is 804 g/mol. The van der Waals surface area contributed by atoms with Crippen molar-refractivity contribution in [2.24, 2.45) is 0 Å². The number of hydrogen-bond acceptors (Lipinski definition) is 8. The van der Waals surface area contributed by atoms with E-state index in [9.17, 15) is 19.0 Å². The summed E-state index contributed by atoms with van der Waals surface area (Å²) in [4.78, 5) is 35.0. The molecule has 0 aliphatic carbocycles. The van der Waals surface area contributed by atoms with Crippen molar-refractivity contribution in [1.82, 2.24) is 5.32 Å². The van der Waals surface area contributed by atoms with Crippen LogP contribution >= 0.6 is 7.82 Å². The first-order valence-electron chi connectivity index (χ1n) is 21.5. The van der Waals surface area contributed by atoms with Crippen LogP contribution in [0.3, 0.4) is 0 Å². The molecule has 0 aliphatic heterocycles. The van der Waals surface area contributed by atoms with Gasteiger partial charge < -0.3 is 19.7 Å². The van der Waals surface area contributed by atoms with E-state index in [0.29, 0.717) is 13.0 Å². The minimum absolute atomic E-state index is 0.0354. The molecule has 0 aliphatic rings. The van der Waals surface area contributed by atoms with Crippen molar-refractivity contribution in [3.05, 3.63) is 85.1 Å². The van der Waals surface area contributed by atoms with Gasteiger partial charge in [-0.3, -0.25) is 18.6 Å². The van der Waals surface area contributed by atoms with Gasteiger partial charge in [-0.05, 0) is 84.1 Å². The second-order valence-electron chi connectivity index (χ2n) is 13.8. The Labute approximate surface area is 341 Å². The molecule has 0 aromatic carbocycles. The first-order valence-corrected chi connectivity index (χ1v) is 23.0. The van der Waals surface area contributed by atoms with Crippen LogP contribution in [0.15, 0.2) is 85.1 Å². The van der Waals surface area contributed by atoms with Crippen molar-refractivity contribution in [3.63, 3.8) is 0 Å². The minimum atomic E-state index is -4.37. The molecule has 0 amide bonds. The van der Waals surface area contributed by atoms with E-state index < -0.39 is 32.5 Å². The lowest BCUT2D eigenvalue weighted by atomic mass is 10.1. The Balaban J connectivity index is 4.39. The number of carbonyl (C=O) groups is 2. The van der Waals surface area contributed by atoms with Gasteiger partial charge in [-0.1, -0.05) is 150 Å². The summed E-state index contributed by atoms with van der Waals surface area (Å²) in [6, 6.07) is 0. The molecule has 0 spiro atoms. The van der Waals surface area contributed by atoms with Crippen LogP contribution in [0.2, 0.25) is 0 Å². The van der Waals surface area contributed by atoms with E-state index in [2.05, 4.69) is 92.1 Å². The zero-order chi connectivity index (χ0) is 41.1. The van der Waals surface area contributed by atoms with Crippen molar-refractivity contribution in [3.8, 4) is 0 Å². The van der Waals surface area contributed by atoms with Crippen LogP contribution in [0, 0.1) is 0 Å². The van der Waals surface area contributed by atoms with Gasteiger partial charge in [0.1, 0.15) is 6.61 Å². The largest absolute Gasteiger partial charge is 0.472 e. The van der Waals surface area contributed by atoms with Crippen LogP contribution in [-0.2, 0) is 32.7 Å². The molecule has 0 fully saturated rings. The maximum Gasteiger partial charge on any atom is 0.472 e. The number of likely N-dealkylation sites (N-methyl/N-ethyl adjacent to an activating group) is 1. The third-order valence-corrected chi connectivity index (χ3v) is 9.50. The Hall–Kier alpha value is -2.81. The minimum Gasteiger partial charge on any atom is -0.462 e. The molecule has 2 atom stereocenters. The number of esters is 2. The summed E-state index contributed by atoms with van der Waals surface area (Å²) in [6.45, 7) is 3.99. The Morgan fingerprint density at radius 3 is 1.59 bits per heavy atom. The first kappa shape index (κ1) is 53.2. The lowest BCUT2D eigenvalue weighted by molar-refractivity contribution is -0.161. The molecule has 0 radical (unpaired) electrons. The van der Waals surface area contributed by atoms with E-state index in [-0.39, 0.29) is 26.1 Å². The fraction of sp³-hybridized carbons (Fsp3) is 0.652. The quantitative estimate of drug-likeness (QED) is 0.0271. The highest BCUT2D eigenvalue weighted by Gasteiger charge is 2.26. The van der Waals surface area contributed by atoms with E-state index >= 15 is 0 Å². The normalized spacial score (nSPS) is 14.1. The van der Waals surface area contributed by atoms with Gasteiger partial charge in [0.2, 0.25) is 0 Å². The van der Waals surface area contributed by atoms with Gasteiger partial charge in [-0.25, -0.2) is 4.57 Å². The van der Waals surface area contributed by atoms with E-state index in [1.807, 2.05) is 12.2 Å². The molecule has 2 unspecified atom stereocenters. The molecule has 0 rings (SSSR count). The van der Waals surface area contributed by atoms with Crippen LogP contribution in [0.25, 0.3) is 0 Å². The molecular formula is C46H78NO8P. The van der Waals surface area contributed by atoms with Crippen LogP contribution in [0.1, 0.15) is 155 Å². The zero-order valence-electron chi connectivity index (χ0n) is 35.3. The van der Waals surface area contributed by atoms with Crippen LogP contribution in [0.5, 0.6) is 0 Å². The third kappa shape index (κ3) is 40.8. The fourth-order valence-electron chi connectivity index (χ4n) is 5.28. The van der Waals surface area contributed by atoms with Crippen molar-refractivity contribution in [2.45, 2.75) is 161 Å². The molecule has 0 saturated heterocycles. The Morgan fingerprint density at radius 2 is 1.05 bits per heavy atom. The van der Waals surface area contributed by atoms with Gasteiger partial charge in [0, 0.05) is 19.4 Å². The second-order valence-corrected chi connectivity index (χ2v) is 15.2. The van der Waals surface area contributed by atoms with Gasteiger partial charge in [-0.15, -0.1) is 0 Å². The number of nitrogens with one attached hydrogen (secondary N) is 1. The maximum absolute atomic E-state index is 12.6. The van der Waals surface area contributed by atoms with Gasteiger partial charge >= 0.3 is 19.8 Å². The van der Waals surface area contributed by atoms with E-state index in [4.69, 9.17) is 18.5 Å². The number of phosphoric acid groups is 1. The van der Waals surface area contributed by atoms with Crippen molar-refractivity contribution in [2.75, 3.05) is 33.4 Å². The summed E-state index contributed by atoms with van der Waals surface area (Å²) < 4.78 is 33.1. The van der Waals surface area contributed by atoms with Crippen molar-refractivity contribution < 1.29 is 37.6 Å². The maximum atomic E-state index is 12.6. The molecule has 9 nitrogen and oxygen atoms in total. The van der Waals surface area contributed by atoms with Crippen molar-refractivity contribution >= 4 is 19.8 Å². The molecule has 2 N–H and O–H groups in total. The highest BCUT2D eigenvalue weighted by Crippen LogP contribution is 2.43. The lowest BCUT2D eigenvalue weighted by Gasteiger charge is -2.19. The topological polar surface area (TPSA) is 120 Å². The van der Waals surface area contributed by atoms with Crippen molar-refractivity contribution in [1.29, 1.82) is 0 Å². The zero-order valence-corrected chi connectivity index (χ0v) is 36.2. The smallest absolute Gasteiger partial charge is 0.462 e. The summed E-state index contributed by atoms with van der Waals surface area (Å²) >= 11 is 0. The van der Waals surface area contributed by atoms with E-state index in [1.165, 1.54) is 51.4 Å². The van der Waals surface area contributed by atoms with Gasteiger partial charge in [0.15, 0.2) is 6.10 Å². The number of ether oxygens (including phenoxy) is 2. The number of carbonyl (C=O) groups excluding carboxylic acids is 2. The van der Waals surface area contributed by atoms with Gasteiger partial charge in [-0.2, -0.15) is 0 Å². The summed E-state index contributed by atoms with van der Waals surface area (Å²) in [7, 11) is -2.69. The lowest BCUT2D eigenvalue weighted by Crippen LogP contribution is -2.29. The number of phosphoric ester groups is 1. The Morgan fingerprint density at radius 1 is 0.571 bits per heavy atom. The van der Waals surface area contributed by atoms with Crippen LogP contribution in [0.4, 0.5) is 0 Å². The Kier molecular flexibility index (Phi) is 39.7. The Bertz CT molecular complexity index is 1190. The number of hydrogen-bond donors (Lipinski definition) is 2. The molecular weight excluding hydrogens is 725 g/mol. The molecule has 0 aromatic heterocycles. The summed E-state index contributed by atoms with van der Waals surface area (Å²) in [5, 5.41) is 2.81. The molecule has 0 bridgehead atoms. The third-order valence-electron chi connectivity index (χ3n) is 8.51. The fourth-order valence-corrected chi connectivity index (χ4v) is 6.03. The van der Waals surface area contributed by atoms with Gasteiger partial charge in [0.05, 0.1) is 13.2 Å². The predicted octanol–water partition coefficient (Wildman–Crippen LogP) is 12.3. The predicted molar refractivity (Wildman–Crippen MR) is 233 cm³/mol. The van der Waals surface area contributed by atoms with Crippen LogP contribution in [-0.4, -0.2) is 56.3 Å². The second kappa shape index (κ2) is 41.8. The highest BCUT2D eigenvalue weighted by molar-refractivity contribution is 7.47. The average Bonchev–Trinajstić information content (AvgIpc) is 3.18. The number of rotatable bonds is 39. The molecule has 320 valence electrons. The summed E-state index contributed by atoms with van der Waals surface area (Å²) in [5.74, 6) is -0.917. The summed E-state index contributed by atoms with van der Waals surface area (Å²) in [5.41, 5.74) is 0. The molecule has 0 heterocycles. The van der Waals surface area contributed by atoms with Gasteiger partial charge in [0.25, 0.3) is 0 Å². The highest BCUT2D eigenvalue weighted by atomic mass is 31.2. The molecule has 0 aromatic rings. The monoisotopic (exact) mass is 804 g/mol. The van der Waals surface area contributed by atoms with E-state index in [1.54, 1.807) is 7.05 Å². The van der Waals surface area contributed by atoms with Crippen LogP contribution < -0.4 is 5.32 Å². The number of unbranched alkanes of at least 4 members (excludes halogenated alkanes) is 11. The standard InChI is InChI=1S/C46H78NO8P/c1-4-6-8-10-12-14-16-18-20-21-22-23-25-27-29-31-33-35-37-39-46(49)55-44(43-54-56(50,51)53-41-40-47-3)42-52-45(48)38-36-34-32-30-28-26-24-19-17-15-13-11-9-7-5-2/h6,8,12,14-15,17-18,20,22-23,27,29,33,35,44,47H,4-5,7,9-11,13,16,19,21,24-26,28,30-32,34,36-43H2,1-3H3,(H,50,51)/b8-6-,14-12-,17-15-,20-18-,23-22-,29-27-,35-33-. The molecule has 56 heavy (non-hydrogen) atoms. The number of allylic oxidation sites excluding steroid dienone is 14. The SMILES string of the molecule is CC/C=C\C/C=C\C/C=C\C/C=C\C/C=C\C/C=C\CCC(=O)OC(COC(=O)CCCCCCCCC/C=C\CCCCCC)COP(=O)(O)OCCNC. The van der Waals surface area contributed by atoms with E-state index in [0.717, 1.165) is 70.6 Å². The molecule has 10 heteroatoms. The summed E-state index contributed by atoms with van der Waals surface area (Å²) in [6.07, 6.45) is 50.7. The first-order chi connectivity index (χ1) is 27.3. The molecule has 0 saturated carbocycles.